The van der Waals surface area contributed by atoms with Crippen molar-refractivity contribution >= 4 is 11.8 Å². The molecular formula is C19H25N2O3+. The average Bonchev–Trinajstić information content (AvgIpc) is 2.96. The highest BCUT2D eigenvalue weighted by atomic mass is 16.5. The maximum Gasteiger partial charge on any atom is 0.307 e. The Morgan fingerprint density at radius 3 is 2.54 bits per heavy atom. The molecule has 2 rings (SSSR count). The SMILES string of the molecule is CCOC(=O)CCn1ccc[n+]1CC(=O)Cc1c(C)cccc1C. The fraction of sp³-hybridized carbons (Fsp3) is 0.421. The van der Waals surface area contributed by atoms with Gasteiger partial charge in [-0.2, -0.15) is 4.68 Å². The molecule has 0 bridgehead atoms. The highest BCUT2D eigenvalue weighted by Crippen LogP contribution is 2.14. The van der Waals surface area contributed by atoms with Gasteiger partial charge in [0.15, 0.2) is 6.20 Å². The van der Waals surface area contributed by atoms with Crippen molar-refractivity contribution in [1.82, 2.24) is 4.68 Å². The van der Waals surface area contributed by atoms with Crippen molar-refractivity contribution in [2.75, 3.05) is 6.61 Å². The largest absolute Gasteiger partial charge is 0.466 e. The molecule has 2 aromatic rings. The van der Waals surface area contributed by atoms with E-state index in [0.717, 1.165) is 16.7 Å². The predicted molar refractivity (Wildman–Crippen MR) is 90.5 cm³/mol. The number of Topliss-reactive ketones (excluding diaryl/α,β-unsaturated/α-hetero) is 1. The molecule has 5 nitrogen and oxygen atoms in total. The lowest BCUT2D eigenvalue weighted by atomic mass is 9.98. The van der Waals surface area contributed by atoms with Gasteiger partial charge in [-0.3, -0.25) is 9.59 Å². The summed E-state index contributed by atoms with van der Waals surface area (Å²) in [5, 5.41) is 0. The summed E-state index contributed by atoms with van der Waals surface area (Å²) in [4.78, 5) is 23.9. The lowest BCUT2D eigenvalue weighted by molar-refractivity contribution is -0.764. The van der Waals surface area contributed by atoms with Crippen LogP contribution in [0.1, 0.15) is 30.0 Å². The molecule has 0 radical (unpaired) electrons. The molecule has 1 aromatic carbocycles. The van der Waals surface area contributed by atoms with Crippen molar-refractivity contribution < 1.29 is 19.0 Å². The van der Waals surface area contributed by atoms with Crippen molar-refractivity contribution in [2.24, 2.45) is 0 Å². The van der Waals surface area contributed by atoms with Crippen LogP contribution in [0.15, 0.2) is 36.7 Å². The molecule has 1 aromatic heterocycles. The summed E-state index contributed by atoms with van der Waals surface area (Å²) in [6.07, 6.45) is 4.45. The summed E-state index contributed by atoms with van der Waals surface area (Å²) >= 11 is 0. The van der Waals surface area contributed by atoms with Crippen LogP contribution in [-0.2, 0) is 33.8 Å². The van der Waals surface area contributed by atoms with Crippen molar-refractivity contribution in [3.05, 3.63) is 53.3 Å². The smallest absolute Gasteiger partial charge is 0.307 e. The Kier molecular flexibility index (Phi) is 6.29. The number of nitrogens with zero attached hydrogens (tertiary/aromatic N) is 2. The maximum absolute atomic E-state index is 12.5. The van der Waals surface area contributed by atoms with Gasteiger partial charge < -0.3 is 4.74 Å². The second kappa shape index (κ2) is 8.43. The number of hydrogen-bond acceptors (Lipinski definition) is 3. The minimum atomic E-state index is -0.223. The van der Waals surface area contributed by atoms with Gasteiger partial charge in [0.25, 0.3) is 0 Å². The lowest BCUT2D eigenvalue weighted by Crippen LogP contribution is -2.46. The number of hydrogen-bond donors (Lipinski definition) is 0. The predicted octanol–water partition coefficient (Wildman–Crippen LogP) is 2.16. The first kappa shape index (κ1) is 17.9. The molecule has 0 aliphatic heterocycles. The summed E-state index contributed by atoms with van der Waals surface area (Å²) in [6.45, 7) is 7.04. The third-order valence-electron chi connectivity index (χ3n) is 4.05. The first-order chi connectivity index (χ1) is 11.5. The van der Waals surface area contributed by atoms with Gasteiger partial charge in [0, 0.05) is 12.5 Å². The number of rotatable bonds is 8. The first-order valence-electron chi connectivity index (χ1n) is 8.28. The van der Waals surface area contributed by atoms with Gasteiger partial charge in [0.05, 0.1) is 25.8 Å². The van der Waals surface area contributed by atoms with Crippen LogP contribution in [0.3, 0.4) is 0 Å². The Balaban J connectivity index is 1.98. The molecule has 1 heterocycles. The van der Waals surface area contributed by atoms with E-state index < -0.39 is 0 Å². The standard InChI is InChI=1S/C19H25N2O3/c1-4-24-19(23)9-12-20-10-6-11-21(20)14-17(22)13-18-15(2)7-5-8-16(18)3/h5-8,10-11H,4,9,12-14H2,1-3H3/q+1. The molecule has 0 aliphatic carbocycles. The first-order valence-corrected chi connectivity index (χ1v) is 8.28. The number of aryl methyl sites for hydroxylation is 3. The molecule has 0 unspecified atom stereocenters. The summed E-state index contributed by atoms with van der Waals surface area (Å²) < 4.78 is 8.65. The van der Waals surface area contributed by atoms with Crippen LogP contribution in [0.2, 0.25) is 0 Å². The highest BCUT2D eigenvalue weighted by Gasteiger charge is 2.17. The third kappa shape index (κ3) is 4.78. The van der Waals surface area contributed by atoms with E-state index in [1.807, 2.05) is 59.9 Å². The van der Waals surface area contributed by atoms with E-state index in [9.17, 15) is 9.59 Å². The second-order valence-corrected chi connectivity index (χ2v) is 5.89. The fourth-order valence-electron chi connectivity index (χ4n) is 2.76. The molecule has 0 atom stereocenters. The summed E-state index contributed by atoms with van der Waals surface area (Å²) in [5.74, 6) is -0.0758. The van der Waals surface area contributed by atoms with Crippen molar-refractivity contribution in [2.45, 2.75) is 46.7 Å². The Bertz CT molecular complexity index is 699. The summed E-state index contributed by atoms with van der Waals surface area (Å²) in [5.41, 5.74) is 3.39. The Hall–Kier alpha value is -2.43. The van der Waals surface area contributed by atoms with Gasteiger partial charge in [-0.1, -0.05) is 18.2 Å². The number of carbonyl (C=O) groups is 2. The number of benzene rings is 1. The van der Waals surface area contributed by atoms with Crippen LogP contribution in [0, 0.1) is 13.8 Å². The van der Waals surface area contributed by atoms with Gasteiger partial charge >= 0.3 is 5.97 Å². The van der Waals surface area contributed by atoms with Crippen LogP contribution in [0.4, 0.5) is 0 Å². The molecule has 5 heteroatoms. The lowest BCUT2D eigenvalue weighted by Gasteiger charge is -2.08. The molecule has 24 heavy (non-hydrogen) atoms. The zero-order valence-electron chi connectivity index (χ0n) is 14.6. The van der Waals surface area contributed by atoms with E-state index in [4.69, 9.17) is 4.74 Å². The minimum Gasteiger partial charge on any atom is -0.466 e. The van der Waals surface area contributed by atoms with Gasteiger partial charge in [-0.25, -0.2) is 0 Å². The Labute approximate surface area is 142 Å². The third-order valence-corrected chi connectivity index (χ3v) is 4.05. The summed E-state index contributed by atoms with van der Waals surface area (Å²) in [6, 6.07) is 7.95. The molecule has 0 saturated heterocycles. The quantitative estimate of drug-likeness (QED) is 0.551. The molecule has 0 amide bonds. The number of ketones is 1. The van der Waals surface area contributed by atoms with Crippen LogP contribution < -0.4 is 4.68 Å². The van der Waals surface area contributed by atoms with Gasteiger partial charge in [0.2, 0.25) is 12.3 Å². The second-order valence-electron chi connectivity index (χ2n) is 5.89. The van der Waals surface area contributed by atoms with Crippen LogP contribution in [-0.4, -0.2) is 23.0 Å². The number of aromatic nitrogens is 2. The number of carbonyl (C=O) groups excluding carboxylic acids is 2. The van der Waals surface area contributed by atoms with Crippen molar-refractivity contribution in [1.29, 1.82) is 0 Å². The van der Waals surface area contributed by atoms with E-state index in [2.05, 4.69) is 0 Å². The van der Waals surface area contributed by atoms with Crippen molar-refractivity contribution in [3.63, 3.8) is 0 Å². The Morgan fingerprint density at radius 1 is 1.17 bits per heavy atom. The molecule has 128 valence electrons. The monoisotopic (exact) mass is 329 g/mol. The van der Waals surface area contributed by atoms with E-state index in [0.29, 0.717) is 32.5 Å². The normalized spacial score (nSPS) is 10.6. The van der Waals surface area contributed by atoms with E-state index in [-0.39, 0.29) is 11.8 Å². The zero-order valence-corrected chi connectivity index (χ0v) is 14.6. The highest BCUT2D eigenvalue weighted by molar-refractivity contribution is 5.80. The van der Waals surface area contributed by atoms with E-state index >= 15 is 0 Å². The maximum atomic E-state index is 12.5. The molecular weight excluding hydrogens is 304 g/mol. The minimum absolute atomic E-state index is 0.147. The van der Waals surface area contributed by atoms with Crippen LogP contribution in [0.5, 0.6) is 0 Å². The van der Waals surface area contributed by atoms with Crippen LogP contribution in [0.25, 0.3) is 0 Å². The Morgan fingerprint density at radius 2 is 1.88 bits per heavy atom. The molecule has 0 spiro atoms. The summed E-state index contributed by atoms with van der Waals surface area (Å²) in [7, 11) is 0. The van der Waals surface area contributed by atoms with E-state index in [1.54, 1.807) is 6.92 Å². The fourth-order valence-corrected chi connectivity index (χ4v) is 2.76. The number of ether oxygens (including phenoxy) is 1. The van der Waals surface area contributed by atoms with Gasteiger partial charge in [-0.15, -0.1) is 4.68 Å². The average molecular weight is 329 g/mol. The zero-order chi connectivity index (χ0) is 17.5. The van der Waals surface area contributed by atoms with Crippen LogP contribution >= 0.6 is 0 Å². The van der Waals surface area contributed by atoms with Crippen molar-refractivity contribution in [3.8, 4) is 0 Å². The van der Waals surface area contributed by atoms with Gasteiger partial charge in [0.1, 0.15) is 0 Å². The topological polar surface area (TPSA) is 52.2 Å². The molecule has 0 aliphatic rings. The van der Waals surface area contributed by atoms with E-state index in [1.165, 1.54) is 0 Å². The molecule has 0 N–H and O–H groups in total. The van der Waals surface area contributed by atoms with Gasteiger partial charge in [-0.05, 0) is 37.5 Å². The molecule has 0 fully saturated rings. The molecule has 0 saturated carbocycles. The number of esters is 1.